The van der Waals surface area contributed by atoms with Crippen LogP contribution in [0, 0.1) is 0 Å². The van der Waals surface area contributed by atoms with Crippen LogP contribution in [0.2, 0.25) is 0 Å². The van der Waals surface area contributed by atoms with Crippen molar-refractivity contribution in [3.8, 4) is 0 Å². The fourth-order valence-corrected chi connectivity index (χ4v) is 5.23. The van der Waals surface area contributed by atoms with Gasteiger partial charge < -0.3 is 19.6 Å². The van der Waals surface area contributed by atoms with Gasteiger partial charge in [-0.3, -0.25) is 9.80 Å². The number of nitrogens with zero attached hydrogens (tertiary/aromatic N) is 4. The van der Waals surface area contributed by atoms with Crippen molar-refractivity contribution in [1.29, 1.82) is 0 Å². The Morgan fingerprint density at radius 3 is 1.46 bits per heavy atom. The van der Waals surface area contributed by atoms with Gasteiger partial charge in [0.25, 0.3) is 0 Å². The van der Waals surface area contributed by atoms with Gasteiger partial charge in [-0.15, -0.1) is 0 Å². The smallest absolute Gasteiger partial charge is 0.318 e. The fraction of sp³-hybridized carbons (Fsp3) is 0.889. The maximum atomic E-state index is 13.3. The molecule has 0 saturated carbocycles. The Hall–Kier alpha value is -1.54. The molecule has 0 aromatic carbocycles. The number of urea groups is 2. The first-order valence-electron chi connectivity index (χ1n) is 10.3. The molecular weight excluding hydrogens is 332 g/mol. The molecule has 2 atom stereocenters. The highest BCUT2D eigenvalue weighted by Gasteiger charge is 2.58. The van der Waals surface area contributed by atoms with E-state index in [0.717, 1.165) is 39.5 Å². The molecule has 0 radical (unpaired) electrons. The van der Waals surface area contributed by atoms with Gasteiger partial charge in [-0.2, -0.15) is 0 Å². The average molecular weight is 367 g/mol. The van der Waals surface area contributed by atoms with E-state index in [-0.39, 0.29) is 24.4 Å². The Balaban J connectivity index is 1.53. The summed E-state index contributed by atoms with van der Waals surface area (Å²) in [4.78, 5) is 36.3. The first-order valence-corrected chi connectivity index (χ1v) is 10.3. The van der Waals surface area contributed by atoms with Gasteiger partial charge in [0.1, 0.15) is 0 Å². The van der Waals surface area contributed by atoms with Crippen molar-refractivity contribution in [2.24, 2.45) is 0 Å². The van der Waals surface area contributed by atoms with Crippen LogP contribution in [0.1, 0.15) is 38.5 Å². The fourth-order valence-electron chi connectivity index (χ4n) is 5.23. The number of carbonyl (C=O) groups is 2. The molecule has 8 nitrogen and oxygen atoms in total. The maximum Gasteiger partial charge on any atom is 0.332 e. The number of hydrogen-bond acceptors (Lipinski definition) is 2. The highest BCUT2D eigenvalue weighted by atomic mass is 16.2. The molecule has 26 heavy (non-hydrogen) atoms. The van der Waals surface area contributed by atoms with Gasteiger partial charge in [0, 0.05) is 14.1 Å². The van der Waals surface area contributed by atoms with Gasteiger partial charge in [-0.05, 0) is 38.5 Å². The van der Waals surface area contributed by atoms with E-state index in [0.29, 0.717) is 0 Å². The molecule has 4 rings (SSSR count). The predicted molar refractivity (Wildman–Crippen MR) is 96.4 cm³/mol. The summed E-state index contributed by atoms with van der Waals surface area (Å²) in [5.74, 6) is 0. The van der Waals surface area contributed by atoms with Gasteiger partial charge in [0.15, 0.2) is 25.7 Å². The summed E-state index contributed by atoms with van der Waals surface area (Å²) >= 11 is 0. The maximum absolute atomic E-state index is 13.3. The predicted octanol–water partition coefficient (Wildman–Crippen LogP) is -1.57. The molecule has 4 aliphatic heterocycles. The van der Waals surface area contributed by atoms with Gasteiger partial charge in [0.2, 0.25) is 0 Å². The molecule has 4 aliphatic rings. The molecule has 0 spiro atoms. The lowest BCUT2D eigenvalue weighted by Crippen LogP contribution is -3.15. The monoisotopic (exact) mass is 366 g/mol. The van der Waals surface area contributed by atoms with Crippen molar-refractivity contribution < 1.29 is 19.4 Å². The van der Waals surface area contributed by atoms with Crippen LogP contribution in [0.4, 0.5) is 9.59 Å². The number of likely N-dealkylation sites (tertiary alicyclic amines) is 2. The second-order valence-electron chi connectivity index (χ2n) is 8.49. The Kier molecular flexibility index (Phi) is 4.96. The Labute approximate surface area is 156 Å². The number of hydrogen-bond donors (Lipinski definition) is 2. The Bertz CT molecular complexity index is 502. The lowest BCUT2D eigenvalue weighted by atomic mass is 10.1. The molecule has 146 valence electrons. The highest BCUT2D eigenvalue weighted by Crippen LogP contribution is 2.31. The van der Waals surface area contributed by atoms with Crippen molar-refractivity contribution in [2.45, 2.75) is 50.9 Å². The topological polar surface area (TPSA) is 56.0 Å². The quantitative estimate of drug-likeness (QED) is 0.631. The van der Waals surface area contributed by atoms with Crippen LogP contribution in [0.3, 0.4) is 0 Å². The van der Waals surface area contributed by atoms with Crippen LogP contribution in [-0.4, -0.2) is 97.6 Å². The summed E-state index contributed by atoms with van der Waals surface area (Å²) in [6.45, 7) is 5.96. The molecule has 4 heterocycles. The number of piperidine rings is 2. The molecule has 4 fully saturated rings. The summed E-state index contributed by atoms with van der Waals surface area (Å²) in [5.41, 5.74) is 0. The van der Waals surface area contributed by atoms with Crippen molar-refractivity contribution >= 4 is 12.1 Å². The molecule has 8 heteroatoms. The minimum atomic E-state index is -0.154. The Morgan fingerprint density at radius 2 is 1.08 bits per heavy atom. The summed E-state index contributed by atoms with van der Waals surface area (Å²) in [6.07, 6.45) is 7.24. The second kappa shape index (κ2) is 7.23. The number of fused-ring (bicyclic) bond motifs is 1. The summed E-state index contributed by atoms with van der Waals surface area (Å²) in [5, 5.41) is 0. The van der Waals surface area contributed by atoms with Crippen molar-refractivity contribution in [3.63, 3.8) is 0 Å². The number of likely N-dealkylation sites (N-methyl/N-ethyl adjacent to an activating group) is 2. The molecule has 0 aliphatic carbocycles. The SMILES string of the molecule is CN1C(=O)N(C)[C@@H]2[C@H]1N(C[NH+]1CCCCC1)C(=O)N2C[NH+]1CCCCC1. The van der Waals surface area contributed by atoms with Crippen molar-refractivity contribution in [1.82, 2.24) is 19.6 Å². The number of amides is 4. The zero-order chi connectivity index (χ0) is 18.3. The van der Waals surface area contributed by atoms with Gasteiger partial charge in [-0.1, -0.05) is 0 Å². The molecule has 2 N–H and O–H groups in total. The number of carbonyl (C=O) groups excluding carboxylic acids is 2. The molecule has 0 unspecified atom stereocenters. The van der Waals surface area contributed by atoms with Gasteiger partial charge in [-0.25, -0.2) is 9.59 Å². The van der Waals surface area contributed by atoms with Crippen LogP contribution < -0.4 is 9.80 Å². The lowest BCUT2D eigenvalue weighted by molar-refractivity contribution is -0.915. The third kappa shape index (κ3) is 3.03. The van der Waals surface area contributed by atoms with Gasteiger partial charge >= 0.3 is 12.1 Å². The van der Waals surface area contributed by atoms with E-state index in [1.807, 2.05) is 23.9 Å². The van der Waals surface area contributed by atoms with Gasteiger partial charge in [0.05, 0.1) is 26.2 Å². The highest BCUT2D eigenvalue weighted by molar-refractivity contribution is 5.84. The van der Waals surface area contributed by atoms with Crippen LogP contribution >= 0.6 is 0 Å². The molecular formula is C18H34N6O2+2. The second-order valence-corrected chi connectivity index (χ2v) is 8.49. The van der Waals surface area contributed by atoms with Crippen LogP contribution in [0.5, 0.6) is 0 Å². The lowest BCUT2D eigenvalue weighted by Gasteiger charge is -2.32. The Morgan fingerprint density at radius 1 is 0.692 bits per heavy atom. The van der Waals surface area contributed by atoms with E-state index in [9.17, 15) is 9.59 Å². The van der Waals surface area contributed by atoms with Crippen LogP contribution in [-0.2, 0) is 0 Å². The minimum Gasteiger partial charge on any atom is -0.318 e. The zero-order valence-corrected chi connectivity index (χ0v) is 16.2. The van der Waals surface area contributed by atoms with E-state index >= 15 is 0 Å². The molecule has 4 amide bonds. The van der Waals surface area contributed by atoms with Crippen molar-refractivity contribution in [2.75, 3.05) is 53.6 Å². The largest absolute Gasteiger partial charge is 0.332 e. The number of nitrogens with one attached hydrogen (secondary N) is 2. The third-order valence-corrected chi connectivity index (χ3v) is 6.70. The first kappa shape index (κ1) is 17.9. The molecule has 0 bridgehead atoms. The average Bonchev–Trinajstić information content (AvgIpc) is 3.05. The molecule has 4 saturated heterocycles. The van der Waals surface area contributed by atoms with Crippen LogP contribution in [0.15, 0.2) is 0 Å². The van der Waals surface area contributed by atoms with Crippen molar-refractivity contribution in [3.05, 3.63) is 0 Å². The summed E-state index contributed by atoms with van der Waals surface area (Å²) < 4.78 is 0. The summed E-state index contributed by atoms with van der Waals surface area (Å²) in [6, 6.07) is 0.132. The first-order chi connectivity index (χ1) is 12.6. The zero-order valence-electron chi connectivity index (χ0n) is 16.2. The minimum absolute atomic E-state index is 0.0183. The van der Waals surface area contributed by atoms with E-state index in [1.54, 1.807) is 9.80 Å². The van der Waals surface area contributed by atoms with E-state index in [4.69, 9.17) is 0 Å². The number of quaternary nitrogens is 2. The van der Waals surface area contributed by atoms with E-state index in [2.05, 4.69) is 0 Å². The van der Waals surface area contributed by atoms with E-state index < -0.39 is 0 Å². The molecule has 0 aromatic rings. The third-order valence-electron chi connectivity index (χ3n) is 6.70. The standard InChI is InChI=1S/C18H32N6O2/c1-19-15-16(20(2)17(19)25)24(14-22-11-7-4-8-12-22)18(26)23(15)13-21-9-5-3-6-10-21/h15-16H,3-14H2,1-2H3/p+2/t15-,16+. The summed E-state index contributed by atoms with van der Waals surface area (Å²) in [7, 11) is 3.68. The molecule has 0 aromatic heterocycles. The normalized spacial score (nSPS) is 31.3. The van der Waals surface area contributed by atoms with Crippen LogP contribution in [0.25, 0.3) is 0 Å². The van der Waals surface area contributed by atoms with E-state index in [1.165, 1.54) is 48.3 Å². The number of rotatable bonds is 4.